The summed E-state index contributed by atoms with van der Waals surface area (Å²) in [7, 11) is 1.81. The lowest BCUT2D eigenvalue weighted by Crippen LogP contribution is -2.47. The smallest absolute Gasteiger partial charge is 0.191 e. The molecule has 2 aliphatic rings. The molecule has 1 aliphatic heterocycles. The third-order valence-corrected chi connectivity index (χ3v) is 5.31. The quantitative estimate of drug-likeness (QED) is 0.642. The fraction of sp³-hybridized carbons (Fsp3) is 0.611. The summed E-state index contributed by atoms with van der Waals surface area (Å²) in [6, 6.07) is 8.23. The van der Waals surface area contributed by atoms with E-state index in [0.717, 1.165) is 43.5 Å². The molecular formula is C18H26ClN3O. The summed E-state index contributed by atoms with van der Waals surface area (Å²) in [6.45, 7) is 4.72. The Balaban J connectivity index is 1.53. The average Bonchev–Trinajstić information content (AvgIpc) is 3.22. The van der Waals surface area contributed by atoms with Crippen molar-refractivity contribution in [3.63, 3.8) is 0 Å². The zero-order chi connectivity index (χ0) is 16.3. The highest BCUT2D eigenvalue weighted by Crippen LogP contribution is 2.47. The van der Waals surface area contributed by atoms with Gasteiger partial charge in [-0.1, -0.05) is 23.7 Å². The van der Waals surface area contributed by atoms with Crippen molar-refractivity contribution >= 4 is 17.6 Å². The van der Waals surface area contributed by atoms with Gasteiger partial charge in [0.05, 0.1) is 5.60 Å². The highest BCUT2D eigenvalue weighted by molar-refractivity contribution is 6.30. The first-order valence-electron chi connectivity index (χ1n) is 8.40. The van der Waals surface area contributed by atoms with Gasteiger partial charge in [-0.2, -0.15) is 0 Å². The van der Waals surface area contributed by atoms with Gasteiger partial charge < -0.3 is 15.4 Å². The van der Waals surface area contributed by atoms with E-state index >= 15 is 0 Å². The molecule has 23 heavy (non-hydrogen) atoms. The Morgan fingerprint density at radius 2 is 1.87 bits per heavy atom. The van der Waals surface area contributed by atoms with E-state index in [1.807, 2.05) is 19.2 Å². The van der Waals surface area contributed by atoms with E-state index in [-0.39, 0.29) is 11.0 Å². The third-order valence-electron chi connectivity index (χ3n) is 5.06. The molecule has 1 aromatic rings. The van der Waals surface area contributed by atoms with Crippen LogP contribution in [0.15, 0.2) is 29.3 Å². The van der Waals surface area contributed by atoms with E-state index in [0.29, 0.717) is 0 Å². The Morgan fingerprint density at radius 3 is 2.43 bits per heavy atom. The summed E-state index contributed by atoms with van der Waals surface area (Å²) in [5, 5.41) is 7.67. The number of guanidine groups is 1. The fourth-order valence-corrected chi connectivity index (χ4v) is 3.37. The number of aliphatic imine (C=N–C) groups is 1. The summed E-state index contributed by atoms with van der Waals surface area (Å²) >= 11 is 5.99. The molecule has 0 bridgehead atoms. The second kappa shape index (κ2) is 6.70. The number of halogens is 1. The summed E-state index contributed by atoms with van der Waals surface area (Å²) in [5.41, 5.74) is 1.53. The number of nitrogens with zero attached hydrogens (tertiary/aromatic N) is 1. The Bertz CT molecular complexity index is 560. The van der Waals surface area contributed by atoms with Crippen LogP contribution in [-0.4, -0.2) is 38.3 Å². The number of ether oxygens (including phenoxy) is 1. The van der Waals surface area contributed by atoms with Gasteiger partial charge in [0, 0.05) is 37.2 Å². The van der Waals surface area contributed by atoms with Gasteiger partial charge in [-0.15, -0.1) is 0 Å². The SMILES string of the molecule is CN=C(NCC1(C)CCCO1)NCC1(c2ccc(Cl)cc2)CC1. The van der Waals surface area contributed by atoms with Crippen LogP contribution in [0.5, 0.6) is 0 Å². The number of hydrogen-bond donors (Lipinski definition) is 2. The summed E-state index contributed by atoms with van der Waals surface area (Å²) in [5.74, 6) is 0.849. The van der Waals surface area contributed by atoms with Crippen molar-refractivity contribution in [3.8, 4) is 0 Å². The number of rotatable bonds is 5. The van der Waals surface area contributed by atoms with Crippen LogP contribution in [0.25, 0.3) is 0 Å². The Morgan fingerprint density at radius 1 is 1.17 bits per heavy atom. The number of benzene rings is 1. The summed E-state index contributed by atoms with van der Waals surface area (Å²) in [6.07, 6.45) is 4.66. The van der Waals surface area contributed by atoms with Crippen LogP contribution < -0.4 is 10.6 Å². The van der Waals surface area contributed by atoms with E-state index in [2.05, 4.69) is 34.7 Å². The van der Waals surface area contributed by atoms with Crippen LogP contribution >= 0.6 is 11.6 Å². The van der Waals surface area contributed by atoms with Crippen LogP contribution in [0.3, 0.4) is 0 Å². The van der Waals surface area contributed by atoms with E-state index in [1.165, 1.54) is 18.4 Å². The Hall–Kier alpha value is -1.26. The Labute approximate surface area is 143 Å². The van der Waals surface area contributed by atoms with E-state index in [4.69, 9.17) is 16.3 Å². The molecule has 3 rings (SSSR count). The molecule has 1 atom stereocenters. The summed E-state index contributed by atoms with van der Waals surface area (Å²) in [4.78, 5) is 4.34. The molecule has 0 radical (unpaired) electrons. The lowest BCUT2D eigenvalue weighted by Gasteiger charge is -2.25. The molecule has 1 aromatic carbocycles. The van der Waals surface area contributed by atoms with Crippen molar-refractivity contribution in [2.45, 2.75) is 43.6 Å². The standard InChI is InChI=1S/C18H26ClN3O/c1-17(8-3-11-23-17)12-21-16(20-2)22-13-18(9-10-18)14-4-6-15(19)7-5-14/h4-7H,3,8-13H2,1-2H3,(H2,20,21,22). The van der Waals surface area contributed by atoms with Crippen molar-refractivity contribution < 1.29 is 4.74 Å². The highest BCUT2D eigenvalue weighted by Gasteiger charge is 2.44. The van der Waals surface area contributed by atoms with Crippen molar-refractivity contribution in [3.05, 3.63) is 34.9 Å². The third kappa shape index (κ3) is 3.99. The molecular weight excluding hydrogens is 310 g/mol. The lowest BCUT2D eigenvalue weighted by atomic mass is 9.96. The van der Waals surface area contributed by atoms with E-state index in [1.54, 1.807) is 0 Å². The molecule has 1 heterocycles. The highest BCUT2D eigenvalue weighted by atomic mass is 35.5. The normalized spacial score (nSPS) is 26.1. The number of nitrogens with one attached hydrogen (secondary N) is 2. The maximum atomic E-state index is 5.99. The first-order chi connectivity index (χ1) is 11.1. The molecule has 126 valence electrons. The molecule has 1 saturated carbocycles. The monoisotopic (exact) mass is 335 g/mol. The predicted molar refractivity (Wildman–Crippen MR) is 95.3 cm³/mol. The molecule has 2 fully saturated rings. The van der Waals surface area contributed by atoms with Gasteiger partial charge in [0.15, 0.2) is 5.96 Å². The minimum Gasteiger partial charge on any atom is -0.373 e. The van der Waals surface area contributed by atoms with Crippen LogP contribution in [0, 0.1) is 0 Å². The van der Waals surface area contributed by atoms with Crippen molar-refractivity contribution in [2.24, 2.45) is 4.99 Å². The molecule has 5 heteroatoms. The molecule has 1 saturated heterocycles. The van der Waals surface area contributed by atoms with Gasteiger partial charge in [-0.25, -0.2) is 0 Å². The molecule has 4 nitrogen and oxygen atoms in total. The molecule has 1 unspecified atom stereocenters. The lowest BCUT2D eigenvalue weighted by molar-refractivity contribution is 0.0243. The van der Waals surface area contributed by atoms with Crippen molar-refractivity contribution in [2.75, 3.05) is 26.7 Å². The fourth-order valence-electron chi connectivity index (χ4n) is 3.24. The zero-order valence-electron chi connectivity index (χ0n) is 14.0. The summed E-state index contributed by atoms with van der Waals surface area (Å²) < 4.78 is 5.82. The largest absolute Gasteiger partial charge is 0.373 e. The molecule has 0 amide bonds. The van der Waals surface area contributed by atoms with Crippen molar-refractivity contribution in [1.82, 2.24) is 10.6 Å². The van der Waals surface area contributed by atoms with Crippen molar-refractivity contribution in [1.29, 1.82) is 0 Å². The van der Waals surface area contributed by atoms with Gasteiger partial charge in [-0.3, -0.25) is 4.99 Å². The van der Waals surface area contributed by atoms with E-state index in [9.17, 15) is 0 Å². The Kier molecular flexibility index (Phi) is 4.83. The molecule has 0 aromatic heterocycles. The zero-order valence-corrected chi connectivity index (χ0v) is 14.7. The van der Waals surface area contributed by atoms with Gasteiger partial charge in [0.2, 0.25) is 0 Å². The first kappa shape index (κ1) is 16.6. The minimum atomic E-state index is -0.0644. The first-order valence-corrected chi connectivity index (χ1v) is 8.78. The molecule has 1 aliphatic carbocycles. The molecule has 2 N–H and O–H groups in total. The van der Waals surface area contributed by atoms with Crippen LogP contribution in [0.2, 0.25) is 5.02 Å². The van der Waals surface area contributed by atoms with Crippen LogP contribution in [-0.2, 0) is 10.2 Å². The van der Waals surface area contributed by atoms with Gasteiger partial charge in [0.25, 0.3) is 0 Å². The average molecular weight is 336 g/mol. The molecule has 0 spiro atoms. The van der Waals surface area contributed by atoms with Crippen LogP contribution in [0.4, 0.5) is 0 Å². The van der Waals surface area contributed by atoms with Gasteiger partial charge in [-0.05, 0) is 50.3 Å². The number of hydrogen-bond acceptors (Lipinski definition) is 2. The van der Waals surface area contributed by atoms with Gasteiger partial charge >= 0.3 is 0 Å². The minimum absolute atomic E-state index is 0.0644. The van der Waals surface area contributed by atoms with E-state index < -0.39 is 0 Å². The van der Waals surface area contributed by atoms with Crippen LogP contribution in [0.1, 0.15) is 38.2 Å². The van der Waals surface area contributed by atoms with Gasteiger partial charge in [0.1, 0.15) is 0 Å². The topological polar surface area (TPSA) is 45.7 Å². The second-order valence-corrected chi connectivity index (χ2v) is 7.40. The predicted octanol–water partition coefficient (Wildman–Crippen LogP) is 3.11. The maximum absolute atomic E-state index is 5.99. The maximum Gasteiger partial charge on any atom is 0.191 e. The second-order valence-electron chi connectivity index (χ2n) is 6.97.